The van der Waals surface area contributed by atoms with E-state index >= 15 is 0 Å². The van der Waals surface area contributed by atoms with Crippen molar-refractivity contribution in [3.05, 3.63) is 59.9 Å². The molecular formula is C17H18FN3O. The van der Waals surface area contributed by atoms with Crippen LogP contribution >= 0.6 is 0 Å². The van der Waals surface area contributed by atoms with Gasteiger partial charge in [-0.1, -0.05) is 25.0 Å². The van der Waals surface area contributed by atoms with Crippen LogP contribution in [0.15, 0.2) is 42.9 Å². The molecule has 0 bridgehead atoms. The van der Waals surface area contributed by atoms with Gasteiger partial charge in [0.25, 0.3) is 5.91 Å². The number of carbonyl (C=O) groups excluding carboxylic acids is 1. The number of nitrogens with one attached hydrogen (secondary N) is 1. The lowest BCUT2D eigenvalue weighted by atomic mass is 9.91. The molecule has 1 fully saturated rings. The summed E-state index contributed by atoms with van der Waals surface area (Å²) in [5.41, 5.74) is 1.23. The maximum atomic E-state index is 13.1. The van der Waals surface area contributed by atoms with Crippen molar-refractivity contribution in [3.8, 4) is 0 Å². The first-order chi connectivity index (χ1) is 10.7. The Morgan fingerprint density at radius 2 is 1.91 bits per heavy atom. The van der Waals surface area contributed by atoms with Crippen molar-refractivity contribution in [3.63, 3.8) is 0 Å². The molecule has 1 aliphatic rings. The minimum atomic E-state index is -0.269. The van der Waals surface area contributed by atoms with Crippen LogP contribution in [0.3, 0.4) is 0 Å². The minimum Gasteiger partial charge on any atom is -0.344 e. The molecule has 1 amide bonds. The predicted molar refractivity (Wildman–Crippen MR) is 80.6 cm³/mol. The average Bonchev–Trinajstić information content (AvgIpc) is 3.08. The summed E-state index contributed by atoms with van der Waals surface area (Å²) in [6.07, 6.45) is 8.96. The number of aromatic nitrogens is 2. The van der Waals surface area contributed by atoms with Crippen LogP contribution in [-0.2, 0) is 0 Å². The smallest absolute Gasteiger partial charge is 0.271 e. The van der Waals surface area contributed by atoms with Crippen LogP contribution in [-0.4, -0.2) is 15.9 Å². The van der Waals surface area contributed by atoms with E-state index < -0.39 is 0 Å². The minimum absolute atomic E-state index is 0.113. The second-order valence-corrected chi connectivity index (χ2v) is 5.64. The molecule has 0 spiro atoms. The number of benzene rings is 1. The van der Waals surface area contributed by atoms with Gasteiger partial charge in [0.15, 0.2) is 0 Å². The van der Waals surface area contributed by atoms with Gasteiger partial charge in [0.2, 0.25) is 0 Å². The lowest BCUT2D eigenvalue weighted by molar-refractivity contribution is 0.0916. The Hall–Kier alpha value is -2.30. The molecule has 2 aromatic rings. The molecule has 1 N–H and O–H groups in total. The number of carbonyl (C=O) groups is 1. The summed E-state index contributed by atoms with van der Waals surface area (Å²) in [5.74, 6) is -0.130. The molecule has 1 aromatic heterocycles. The highest BCUT2D eigenvalue weighted by Crippen LogP contribution is 2.35. The summed E-state index contributed by atoms with van der Waals surface area (Å²) in [4.78, 5) is 20.3. The molecule has 0 unspecified atom stereocenters. The van der Waals surface area contributed by atoms with Gasteiger partial charge in [-0.2, -0.15) is 0 Å². The summed E-state index contributed by atoms with van der Waals surface area (Å²) >= 11 is 0. The highest BCUT2D eigenvalue weighted by Gasteiger charge is 2.28. The topological polar surface area (TPSA) is 54.9 Å². The van der Waals surface area contributed by atoms with Crippen LogP contribution in [0, 0.1) is 11.7 Å². The van der Waals surface area contributed by atoms with E-state index in [1.807, 2.05) is 0 Å². The van der Waals surface area contributed by atoms with Gasteiger partial charge in [-0.15, -0.1) is 0 Å². The van der Waals surface area contributed by atoms with E-state index in [1.165, 1.54) is 43.6 Å². The molecule has 1 aliphatic carbocycles. The van der Waals surface area contributed by atoms with Gasteiger partial charge in [-0.05, 0) is 36.5 Å². The standard InChI is InChI=1S/C17H18FN3O/c18-14-7-5-13(6-8-14)16(12-3-1-2-4-12)21-17(22)15-11-19-9-10-20-15/h5-12,16H,1-4H2,(H,21,22)/t16-/m0/s1. The molecule has 1 saturated carbocycles. The third kappa shape index (κ3) is 3.30. The van der Waals surface area contributed by atoms with E-state index in [-0.39, 0.29) is 17.8 Å². The highest BCUT2D eigenvalue weighted by molar-refractivity contribution is 5.92. The number of nitrogens with zero attached hydrogens (tertiary/aromatic N) is 2. The lowest BCUT2D eigenvalue weighted by Crippen LogP contribution is -2.33. The van der Waals surface area contributed by atoms with E-state index in [4.69, 9.17) is 0 Å². The molecule has 22 heavy (non-hydrogen) atoms. The molecule has 1 aromatic carbocycles. The molecule has 1 heterocycles. The molecule has 114 valence electrons. The first-order valence-electron chi connectivity index (χ1n) is 7.56. The predicted octanol–water partition coefficient (Wildman–Crippen LogP) is 3.28. The van der Waals surface area contributed by atoms with Crippen LogP contribution in [0.4, 0.5) is 4.39 Å². The Bertz CT molecular complexity index is 624. The Morgan fingerprint density at radius 1 is 1.18 bits per heavy atom. The SMILES string of the molecule is O=C(N[C@H](c1ccc(F)cc1)C1CCCC1)c1cnccn1. The van der Waals surface area contributed by atoms with Crippen molar-refractivity contribution in [2.75, 3.05) is 0 Å². The largest absolute Gasteiger partial charge is 0.344 e. The third-order valence-corrected chi connectivity index (χ3v) is 4.18. The monoisotopic (exact) mass is 299 g/mol. The number of amides is 1. The molecule has 0 aliphatic heterocycles. The number of rotatable bonds is 4. The summed E-state index contributed by atoms with van der Waals surface area (Å²) in [6, 6.07) is 6.25. The Balaban J connectivity index is 1.82. The number of hydrogen-bond acceptors (Lipinski definition) is 3. The third-order valence-electron chi connectivity index (χ3n) is 4.18. The van der Waals surface area contributed by atoms with Gasteiger partial charge in [0, 0.05) is 12.4 Å². The fourth-order valence-corrected chi connectivity index (χ4v) is 3.07. The molecule has 0 radical (unpaired) electrons. The van der Waals surface area contributed by atoms with Gasteiger partial charge < -0.3 is 5.32 Å². The highest BCUT2D eigenvalue weighted by atomic mass is 19.1. The summed E-state index contributed by atoms with van der Waals surface area (Å²) in [6.45, 7) is 0. The van der Waals surface area contributed by atoms with Gasteiger partial charge in [-0.25, -0.2) is 9.37 Å². The van der Waals surface area contributed by atoms with E-state index in [0.717, 1.165) is 18.4 Å². The normalized spacial score (nSPS) is 16.4. The van der Waals surface area contributed by atoms with Gasteiger partial charge in [0.1, 0.15) is 11.5 Å². The van der Waals surface area contributed by atoms with E-state index in [2.05, 4.69) is 15.3 Å². The first kappa shape index (κ1) is 14.6. The zero-order valence-corrected chi connectivity index (χ0v) is 12.2. The van der Waals surface area contributed by atoms with Crippen molar-refractivity contribution in [2.45, 2.75) is 31.7 Å². The molecule has 1 atom stereocenters. The van der Waals surface area contributed by atoms with Gasteiger partial charge in [-0.3, -0.25) is 9.78 Å². The lowest BCUT2D eigenvalue weighted by Gasteiger charge is -2.25. The van der Waals surface area contributed by atoms with Gasteiger partial charge >= 0.3 is 0 Å². The second-order valence-electron chi connectivity index (χ2n) is 5.64. The zero-order chi connectivity index (χ0) is 15.4. The van der Waals surface area contributed by atoms with Crippen molar-refractivity contribution in [1.29, 1.82) is 0 Å². The van der Waals surface area contributed by atoms with Crippen molar-refractivity contribution in [2.24, 2.45) is 5.92 Å². The van der Waals surface area contributed by atoms with E-state index in [1.54, 1.807) is 12.1 Å². The van der Waals surface area contributed by atoms with E-state index in [0.29, 0.717) is 11.6 Å². The number of hydrogen-bond donors (Lipinski definition) is 1. The molecule has 4 nitrogen and oxygen atoms in total. The Kier molecular flexibility index (Phi) is 4.42. The van der Waals surface area contributed by atoms with Crippen LogP contribution in [0.2, 0.25) is 0 Å². The van der Waals surface area contributed by atoms with Crippen LogP contribution in [0.25, 0.3) is 0 Å². The van der Waals surface area contributed by atoms with Crippen LogP contribution in [0.5, 0.6) is 0 Å². The van der Waals surface area contributed by atoms with Crippen LogP contribution in [0.1, 0.15) is 47.8 Å². The van der Waals surface area contributed by atoms with Crippen molar-refractivity contribution >= 4 is 5.91 Å². The molecule has 0 saturated heterocycles. The average molecular weight is 299 g/mol. The summed E-state index contributed by atoms with van der Waals surface area (Å²) < 4.78 is 13.1. The Labute approximate surface area is 128 Å². The first-order valence-corrected chi connectivity index (χ1v) is 7.56. The molecule has 5 heteroatoms. The fraction of sp³-hybridized carbons (Fsp3) is 0.353. The molecule has 3 rings (SSSR count). The summed E-state index contributed by atoms with van der Waals surface area (Å²) in [5, 5.41) is 3.05. The molecular weight excluding hydrogens is 281 g/mol. The van der Waals surface area contributed by atoms with Crippen molar-refractivity contribution < 1.29 is 9.18 Å². The second kappa shape index (κ2) is 6.64. The van der Waals surface area contributed by atoms with Crippen molar-refractivity contribution in [1.82, 2.24) is 15.3 Å². The Morgan fingerprint density at radius 3 is 2.55 bits per heavy atom. The zero-order valence-electron chi connectivity index (χ0n) is 12.2. The number of halogens is 1. The van der Waals surface area contributed by atoms with Crippen LogP contribution < -0.4 is 5.32 Å². The maximum Gasteiger partial charge on any atom is 0.271 e. The van der Waals surface area contributed by atoms with E-state index in [9.17, 15) is 9.18 Å². The quantitative estimate of drug-likeness (QED) is 0.942. The summed E-state index contributed by atoms with van der Waals surface area (Å²) in [7, 11) is 0. The van der Waals surface area contributed by atoms with Gasteiger partial charge in [0.05, 0.1) is 12.2 Å². The fourth-order valence-electron chi connectivity index (χ4n) is 3.07. The maximum absolute atomic E-state index is 13.1.